The van der Waals surface area contributed by atoms with Crippen LogP contribution in [0.4, 0.5) is 0 Å². The zero-order chi connectivity index (χ0) is 19.2. The van der Waals surface area contributed by atoms with E-state index in [1.54, 1.807) is 0 Å². The molecule has 1 aliphatic rings. The maximum absolute atomic E-state index is 6.07. The third-order valence-electron chi connectivity index (χ3n) is 5.43. The third-order valence-corrected chi connectivity index (χ3v) is 5.43. The SMILES string of the molecule is C[C@H](c1ccccc1)N1CCO[C@@H](c2ccc(OCc3ccccc3)cc2)C1. The fourth-order valence-electron chi connectivity index (χ4n) is 3.68. The molecule has 0 bridgehead atoms. The summed E-state index contributed by atoms with van der Waals surface area (Å²) < 4.78 is 12.0. The van der Waals surface area contributed by atoms with Gasteiger partial charge in [-0.2, -0.15) is 0 Å². The van der Waals surface area contributed by atoms with E-state index in [-0.39, 0.29) is 6.10 Å². The molecular weight excluding hydrogens is 346 g/mol. The number of ether oxygens (including phenoxy) is 2. The molecule has 1 fully saturated rings. The van der Waals surface area contributed by atoms with E-state index >= 15 is 0 Å². The average molecular weight is 373 g/mol. The minimum absolute atomic E-state index is 0.100. The highest BCUT2D eigenvalue weighted by atomic mass is 16.5. The van der Waals surface area contributed by atoms with E-state index in [1.165, 1.54) is 16.7 Å². The van der Waals surface area contributed by atoms with Crippen LogP contribution in [0.5, 0.6) is 5.75 Å². The van der Waals surface area contributed by atoms with E-state index in [0.717, 1.165) is 25.4 Å². The first-order valence-electron chi connectivity index (χ1n) is 9.97. The molecule has 0 unspecified atom stereocenters. The molecule has 0 radical (unpaired) electrons. The van der Waals surface area contributed by atoms with Crippen LogP contribution < -0.4 is 4.74 Å². The second-order valence-corrected chi connectivity index (χ2v) is 7.28. The third kappa shape index (κ3) is 4.61. The van der Waals surface area contributed by atoms with Crippen molar-refractivity contribution in [3.05, 3.63) is 102 Å². The van der Waals surface area contributed by atoms with Crippen LogP contribution in [0.2, 0.25) is 0 Å². The molecular formula is C25H27NO2. The Labute approximate surface area is 167 Å². The molecule has 4 rings (SSSR count). The van der Waals surface area contributed by atoms with Crippen molar-refractivity contribution in [2.75, 3.05) is 19.7 Å². The number of nitrogens with zero attached hydrogens (tertiary/aromatic N) is 1. The van der Waals surface area contributed by atoms with E-state index in [0.29, 0.717) is 12.6 Å². The number of rotatable bonds is 6. The lowest BCUT2D eigenvalue weighted by Crippen LogP contribution is -2.39. The highest BCUT2D eigenvalue weighted by molar-refractivity contribution is 5.29. The van der Waals surface area contributed by atoms with Crippen molar-refractivity contribution in [3.8, 4) is 5.75 Å². The fourth-order valence-corrected chi connectivity index (χ4v) is 3.68. The van der Waals surface area contributed by atoms with Gasteiger partial charge in [0.1, 0.15) is 12.4 Å². The Kier molecular flexibility index (Phi) is 6.05. The fraction of sp³-hybridized carbons (Fsp3) is 0.280. The number of hydrogen-bond acceptors (Lipinski definition) is 3. The topological polar surface area (TPSA) is 21.7 Å². The summed E-state index contributed by atoms with van der Waals surface area (Å²) in [6.07, 6.45) is 0.100. The van der Waals surface area contributed by atoms with Gasteiger partial charge < -0.3 is 9.47 Å². The Morgan fingerprint density at radius 3 is 2.32 bits per heavy atom. The van der Waals surface area contributed by atoms with Gasteiger partial charge in [0.05, 0.1) is 12.7 Å². The molecule has 0 N–H and O–H groups in total. The monoisotopic (exact) mass is 373 g/mol. The molecule has 3 aromatic carbocycles. The molecule has 0 saturated carbocycles. The second kappa shape index (κ2) is 9.05. The molecule has 0 amide bonds. The van der Waals surface area contributed by atoms with Crippen LogP contribution in [-0.4, -0.2) is 24.6 Å². The quantitative estimate of drug-likeness (QED) is 0.577. The minimum atomic E-state index is 0.100. The van der Waals surface area contributed by atoms with Crippen molar-refractivity contribution in [2.24, 2.45) is 0 Å². The predicted molar refractivity (Wildman–Crippen MR) is 112 cm³/mol. The Morgan fingerprint density at radius 1 is 0.929 bits per heavy atom. The van der Waals surface area contributed by atoms with Crippen LogP contribution in [0.1, 0.15) is 35.8 Å². The lowest BCUT2D eigenvalue weighted by atomic mass is 10.0. The summed E-state index contributed by atoms with van der Waals surface area (Å²) in [5.41, 5.74) is 3.73. The molecule has 0 spiro atoms. The lowest BCUT2D eigenvalue weighted by molar-refractivity contribution is -0.0431. The van der Waals surface area contributed by atoms with Crippen molar-refractivity contribution in [3.63, 3.8) is 0 Å². The zero-order valence-electron chi connectivity index (χ0n) is 16.3. The van der Waals surface area contributed by atoms with Crippen molar-refractivity contribution < 1.29 is 9.47 Å². The van der Waals surface area contributed by atoms with Crippen LogP contribution >= 0.6 is 0 Å². The lowest BCUT2D eigenvalue weighted by Gasteiger charge is -2.37. The largest absolute Gasteiger partial charge is 0.489 e. The summed E-state index contributed by atoms with van der Waals surface area (Å²) in [5, 5.41) is 0. The van der Waals surface area contributed by atoms with Gasteiger partial charge in [-0.15, -0.1) is 0 Å². The van der Waals surface area contributed by atoms with Crippen LogP contribution in [0.25, 0.3) is 0 Å². The molecule has 3 nitrogen and oxygen atoms in total. The van der Waals surface area contributed by atoms with Gasteiger partial charge in [0.25, 0.3) is 0 Å². The van der Waals surface area contributed by atoms with Crippen molar-refractivity contribution in [1.82, 2.24) is 4.90 Å². The smallest absolute Gasteiger partial charge is 0.119 e. The summed E-state index contributed by atoms with van der Waals surface area (Å²) in [6, 6.07) is 29.7. The van der Waals surface area contributed by atoms with Gasteiger partial charge in [0.15, 0.2) is 0 Å². The molecule has 0 aromatic heterocycles. The molecule has 2 atom stereocenters. The van der Waals surface area contributed by atoms with Gasteiger partial charge in [0, 0.05) is 19.1 Å². The maximum Gasteiger partial charge on any atom is 0.119 e. The van der Waals surface area contributed by atoms with Crippen LogP contribution in [-0.2, 0) is 11.3 Å². The van der Waals surface area contributed by atoms with Crippen LogP contribution in [0.3, 0.4) is 0 Å². The molecule has 1 saturated heterocycles. The first kappa shape index (κ1) is 18.7. The summed E-state index contributed by atoms with van der Waals surface area (Å²) in [5.74, 6) is 0.887. The number of hydrogen-bond donors (Lipinski definition) is 0. The second-order valence-electron chi connectivity index (χ2n) is 7.28. The maximum atomic E-state index is 6.07. The van der Waals surface area contributed by atoms with Gasteiger partial charge in [0.2, 0.25) is 0 Å². The highest BCUT2D eigenvalue weighted by Crippen LogP contribution is 2.29. The Hall–Kier alpha value is -2.62. The van der Waals surface area contributed by atoms with Gasteiger partial charge in [-0.05, 0) is 35.7 Å². The molecule has 144 valence electrons. The summed E-state index contributed by atoms with van der Waals surface area (Å²) in [4.78, 5) is 2.50. The van der Waals surface area contributed by atoms with E-state index in [4.69, 9.17) is 9.47 Å². The normalized spacial score (nSPS) is 18.5. The number of morpholine rings is 1. The van der Waals surface area contributed by atoms with Gasteiger partial charge in [-0.1, -0.05) is 72.8 Å². The standard InChI is InChI=1S/C25H27NO2/c1-20(22-10-6-3-7-11-22)26-16-17-27-25(18-26)23-12-14-24(15-13-23)28-19-21-8-4-2-5-9-21/h2-15,20,25H,16-19H2,1H3/t20-,25-/m1/s1. The van der Waals surface area contributed by atoms with Crippen molar-refractivity contribution in [1.29, 1.82) is 0 Å². The molecule has 28 heavy (non-hydrogen) atoms. The molecule has 0 aliphatic carbocycles. The van der Waals surface area contributed by atoms with Gasteiger partial charge in [-0.3, -0.25) is 4.90 Å². The summed E-state index contributed by atoms with van der Waals surface area (Å²) in [7, 11) is 0. The van der Waals surface area contributed by atoms with Crippen molar-refractivity contribution in [2.45, 2.75) is 25.7 Å². The molecule has 3 aromatic rings. The van der Waals surface area contributed by atoms with Gasteiger partial charge >= 0.3 is 0 Å². The van der Waals surface area contributed by atoms with E-state index in [9.17, 15) is 0 Å². The van der Waals surface area contributed by atoms with E-state index in [1.807, 2.05) is 30.3 Å². The summed E-state index contributed by atoms with van der Waals surface area (Å²) in [6.45, 7) is 5.49. The Morgan fingerprint density at radius 2 is 1.61 bits per heavy atom. The van der Waals surface area contributed by atoms with E-state index in [2.05, 4.69) is 66.4 Å². The zero-order valence-corrected chi connectivity index (χ0v) is 16.3. The minimum Gasteiger partial charge on any atom is -0.489 e. The highest BCUT2D eigenvalue weighted by Gasteiger charge is 2.25. The predicted octanol–water partition coefficient (Wildman–Crippen LogP) is 5.40. The van der Waals surface area contributed by atoms with Gasteiger partial charge in [-0.25, -0.2) is 0 Å². The summed E-state index contributed by atoms with van der Waals surface area (Å²) >= 11 is 0. The Balaban J connectivity index is 1.37. The molecule has 1 aliphatic heterocycles. The molecule has 3 heteroatoms. The van der Waals surface area contributed by atoms with E-state index < -0.39 is 0 Å². The average Bonchev–Trinajstić information content (AvgIpc) is 2.79. The number of benzene rings is 3. The first-order chi connectivity index (χ1) is 13.8. The van der Waals surface area contributed by atoms with Crippen LogP contribution in [0.15, 0.2) is 84.9 Å². The van der Waals surface area contributed by atoms with Crippen LogP contribution in [0, 0.1) is 0 Å². The first-order valence-corrected chi connectivity index (χ1v) is 9.97. The Bertz CT molecular complexity index is 849. The molecule has 1 heterocycles. The van der Waals surface area contributed by atoms with Crippen molar-refractivity contribution >= 4 is 0 Å².